The van der Waals surface area contributed by atoms with Crippen LogP contribution in [0.4, 0.5) is 0 Å². The number of hydrogen-bond acceptors (Lipinski definition) is 5. The van der Waals surface area contributed by atoms with Gasteiger partial charge in [-0.15, -0.1) is 0 Å². The van der Waals surface area contributed by atoms with Crippen LogP contribution in [-0.2, 0) is 23.1 Å². The van der Waals surface area contributed by atoms with Crippen LogP contribution in [0.5, 0.6) is 0 Å². The minimum atomic E-state index is -1.67. The molecule has 2 rings (SSSR count). The lowest BCUT2D eigenvalue weighted by Gasteiger charge is -2.28. The molecule has 1 fully saturated rings. The number of methoxy groups -OCH3 is 1. The molecule has 7 heteroatoms. The fourth-order valence-corrected chi connectivity index (χ4v) is 7.16. The van der Waals surface area contributed by atoms with Crippen molar-refractivity contribution in [3.8, 4) is 0 Å². The van der Waals surface area contributed by atoms with Crippen LogP contribution in [-0.4, -0.2) is 54.1 Å². The molecule has 0 aromatic carbocycles. The van der Waals surface area contributed by atoms with E-state index in [2.05, 4.69) is 64.4 Å². The highest BCUT2D eigenvalue weighted by Crippen LogP contribution is 2.43. The number of carbonyl (C=O) groups is 1. The van der Waals surface area contributed by atoms with Crippen molar-refractivity contribution in [2.24, 2.45) is 5.92 Å². The summed E-state index contributed by atoms with van der Waals surface area (Å²) in [5.74, 6) is 0.129. The van der Waals surface area contributed by atoms with Gasteiger partial charge in [0.05, 0.1) is 31.5 Å². The Morgan fingerprint density at radius 1 is 1.12 bits per heavy atom. The van der Waals surface area contributed by atoms with E-state index in [9.17, 15) is 4.79 Å². The van der Waals surface area contributed by atoms with Crippen LogP contribution in [0.2, 0.25) is 39.3 Å². The van der Waals surface area contributed by atoms with Crippen molar-refractivity contribution in [3.05, 3.63) is 23.8 Å². The third kappa shape index (κ3) is 10.5. The van der Waals surface area contributed by atoms with Crippen LogP contribution in [0, 0.1) is 5.92 Å². The summed E-state index contributed by atoms with van der Waals surface area (Å²) >= 11 is 0. The quantitative estimate of drug-likeness (QED) is 0.103. The van der Waals surface area contributed by atoms with Gasteiger partial charge in [0.1, 0.15) is 0 Å². The van der Waals surface area contributed by atoms with E-state index in [1.165, 1.54) is 31.9 Å². The second-order valence-corrected chi connectivity index (χ2v) is 20.8. The van der Waals surface area contributed by atoms with Crippen molar-refractivity contribution in [2.75, 3.05) is 7.11 Å². The summed E-state index contributed by atoms with van der Waals surface area (Å²) in [6, 6.07) is 0. The zero-order chi connectivity index (χ0) is 25.4. The fourth-order valence-electron chi connectivity index (χ4n) is 4.91. The number of esters is 1. The average Bonchev–Trinajstić information content (AvgIpc) is 3.24. The van der Waals surface area contributed by atoms with Crippen molar-refractivity contribution in [3.63, 3.8) is 0 Å². The summed E-state index contributed by atoms with van der Waals surface area (Å²) in [6.45, 7) is 15.9. The number of rotatable bonds is 15. The van der Waals surface area contributed by atoms with Crippen LogP contribution < -0.4 is 0 Å². The molecule has 1 aliphatic carbocycles. The summed E-state index contributed by atoms with van der Waals surface area (Å²) < 4.78 is 24.3. The lowest BCUT2D eigenvalue weighted by molar-refractivity contribution is -0.140. The first-order valence-electron chi connectivity index (χ1n) is 13.4. The Balaban J connectivity index is 2.10. The molecule has 1 saturated carbocycles. The molecule has 1 aliphatic heterocycles. The fraction of sp³-hybridized carbons (Fsp3) is 0.815. The summed E-state index contributed by atoms with van der Waals surface area (Å²) in [4.78, 5) is 11.4. The highest BCUT2D eigenvalue weighted by molar-refractivity contribution is 6.70. The first-order valence-corrected chi connectivity index (χ1v) is 20.2. The van der Waals surface area contributed by atoms with Crippen molar-refractivity contribution >= 4 is 22.6 Å². The van der Waals surface area contributed by atoms with Gasteiger partial charge in [-0.1, -0.05) is 44.4 Å². The zero-order valence-corrected chi connectivity index (χ0v) is 25.0. The van der Waals surface area contributed by atoms with Crippen molar-refractivity contribution in [2.45, 2.75) is 128 Å². The predicted octanol–water partition coefficient (Wildman–Crippen LogP) is 7.01. The molecular formula is C27H50O5Si2. The molecule has 0 aromatic heterocycles. The summed E-state index contributed by atoms with van der Waals surface area (Å²) in [5, 5.41) is 0. The second kappa shape index (κ2) is 13.5. The van der Waals surface area contributed by atoms with Crippen LogP contribution >= 0.6 is 0 Å². The molecule has 0 aromatic rings. The van der Waals surface area contributed by atoms with E-state index in [1.54, 1.807) is 0 Å². The minimum Gasteiger partial charge on any atom is -0.469 e. The third-order valence-corrected chi connectivity index (χ3v) is 8.32. The monoisotopic (exact) mass is 510 g/mol. The van der Waals surface area contributed by atoms with E-state index in [1.807, 2.05) is 0 Å². The highest BCUT2D eigenvalue weighted by atomic mass is 28.4. The lowest BCUT2D eigenvalue weighted by Crippen LogP contribution is -2.34. The number of carbonyl (C=O) groups excluding carboxylic acids is 1. The van der Waals surface area contributed by atoms with Crippen LogP contribution in [0.1, 0.15) is 64.7 Å². The molecule has 196 valence electrons. The third-order valence-electron chi connectivity index (χ3n) is 6.30. The number of fused-ring (bicyclic) bond motifs is 1. The molecule has 5 atom stereocenters. The lowest BCUT2D eigenvalue weighted by atomic mass is 9.97. The molecule has 0 amide bonds. The first-order chi connectivity index (χ1) is 15.9. The maximum Gasteiger partial charge on any atom is 0.305 e. The number of ether oxygens (including phenoxy) is 2. The van der Waals surface area contributed by atoms with Crippen molar-refractivity contribution < 1.29 is 23.1 Å². The molecule has 0 bridgehead atoms. The number of unbranched alkanes of at least 4 members (excludes halogenated alkanes) is 3. The Bertz CT molecular complexity index is 692. The molecule has 0 spiro atoms. The Kier molecular flexibility index (Phi) is 11.7. The smallest absolute Gasteiger partial charge is 0.305 e. The van der Waals surface area contributed by atoms with Crippen LogP contribution in [0.15, 0.2) is 23.8 Å². The van der Waals surface area contributed by atoms with Gasteiger partial charge in [0.15, 0.2) is 16.6 Å². The standard InChI is InChI=1S/C27H50O5Si2/c1-9-10-11-14-21(31-33(3,4)5)17-18-23-24-19-22(15-12-13-16-27(28)29-2)30-25(24)20-26(23)32-34(6,7)8/h17-19,21-23,25-26H,9-16,20H2,1-8H3/t21?,22?,23-,25?,26?/m1/s1. The van der Waals surface area contributed by atoms with Gasteiger partial charge in [-0.2, -0.15) is 0 Å². The molecule has 4 unspecified atom stereocenters. The zero-order valence-electron chi connectivity index (χ0n) is 23.0. The second-order valence-electron chi connectivity index (χ2n) is 11.8. The molecule has 34 heavy (non-hydrogen) atoms. The summed E-state index contributed by atoms with van der Waals surface area (Å²) in [7, 11) is -1.85. The normalized spacial score (nSPS) is 26.1. The van der Waals surface area contributed by atoms with Crippen LogP contribution in [0.25, 0.3) is 0 Å². The van der Waals surface area contributed by atoms with Gasteiger partial charge in [-0.25, -0.2) is 0 Å². The van der Waals surface area contributed by atoms with Crippen LogP contribution in [0.3, 0.4) is 0 Å². The average molecular weight is 511 g/mol. The molecule has 1 heterocycles. The van der Waals surface area contributed by atoms with Crippen molar-refractivity contribution in [1.82, 2.24) is 0 Å². The largest absolute Gasteiger partial charge is 0.469 e. The van der Waals surface area contributed by atoms with E-state index in [-0.39, 0.29) is 36.3 Å². The topological polar surface area (TPSA) is 54.0 Å². The molecular weight excluding hydrogens is 460 g/mol. The van der Waals surface area contributed by atoms with Gasteiger partial charge < -0.3 is 18.3 Å². The molecule has 0 N–H and O–H groups in total. The van der Waals surface area contributed by atoms with Gasteiger partial charge >= 0.3 is 5.97 Å². The first kappa shape index (κ1) is 29.5. The Labute approximate surface area is 210 Å². The minimum absolute atomic E-state index is 0.131. The van der Waals surface area contributed by atoms with E-state index < -0.39 is 16.6 Å². The molecule has 0 saturated heterocycles. The predicted molar refractivity (Wildman–Crippen MR) is 145 cm³/mol. The molecule has 2 aliphatic rings. The Morgan fingerprint density at radius 3 is 2.47 bits per heavy atom. The van der Waals surface area contributed by atoms with Gasteiger partial charge in [0, 0.05) is 18.8 Å². The number of hydrogen-bond donors (Lipinski definition) is 0. The van der Waals surface area contributed by atoms with Gasteiger partial charge in [-0.3, -0.25) is 4.79 Å². The Morgan fingerprint density at radius 2 is 1.85 bits per heavy atom. The van der Waals surface area contributed by atoms with Gasteiger partial charge in [-0.05, 0) is 70.5 Å². The van der Waals surface area contributed by atoms with E-state index in [0.29, 0.717) is 6.42 Å². The summed E-state index contributed by atoms with van der Waals surface area (Å²) in [5.41, 5.74) is 1.39. The van der Waals surface area contributed by atoms with Crippen molar-refractivity contribution in [1.29, 1.82) is 0 Å². The SMILES string of the molecule is CCCCCC(C=C[C@@H]1C2=CC(CCCCC(=O)OC)OC2CC1O[Si](C)(C)C)O[Si](C)(C)C. The van der Waals surface area contributed by atoms with Gasteiger partial charge in [0.25, 0.3) is 0 Å². The summed E-state index contributed by atoms with van der Waals surface area (Å²) in [6.07, 6.45) is 16.6. The highest BCUT2D eigenvalue weighted by Gasteiger charge is 2.44. The van der Waals surface area contributed by atoms with Gasteiger partial charge in [0.2, 0.25) is 0 Å². The van der Waals surface area contributed by atoms with E-state index >= 15 is 0 Å². The maximum atomic E-state index is 11.4. The van der Waals surface area contributed by atoms with E-state index in [0.717, 1.165) is 32.1 Å². The maximum absolute atomic E-state index is 11.4. The molecule has 0 radical (unpaired) electrons. The molecule has 5 nitrogen and oxygen atoms in total. The Hall–Kier alpha value is -0.736. The van der Waals surface area contributed by atoms with E-state index in [4.69, 9.17) is 18.3 Å².